The summed E-state index contributed by atoms with van der Waals surface area (Å²) in [6.45, 7) is 0.635. The molecule has 0 aliphatic heterocycles. The van der Waals surface area contributed by atoms with Crippen molar-refractivity contribution in [3.05, 3.63) is 114 Å². The number of benzene rings is 3. The number of nitrogens with zero attached hydrogens (tertiary/aromatic N) is 1. The summed E-state index contributed by atoms with van der Waals surface area (Å²) in [5.41, 5.74) is 8.49. The maximum Gasteiger partial charge on any atom is 0.253 e. The molecule has 0 saturated heterocycles. The molecule has 0 saturated carbocycles. The lowest BCUT2D eigenvalue weighted by Crippen LogP contribution is -2.22. The number of nitrogen functional groups attached to an aromatic ring is 1. The minimum absolute atomic E-state index is 0. The normalized spacial score (nSPS) is 9.86. The zero-order chi connectivity index (χ0) is 23.0. The Bertz CT molecular complexity index is 1240. The molecule has 4 rings (SSSR count). The molecule has 0 aliphatic rings. The summed E-state index contributed by atoms with van der Waals surface area (Å²) < 4.78 is 24.6. The predicted octanol–water partition coefficient (Wildman–Crippen LogP) is 5.95. The fourth-order valence-electron chi connectivity index (χ4n) is 3.08. The quantitative estimate of drug-likeness (QED) is 0.283. The van der Waals surface area contributed by atoms with Crippen LogP contribution in [-0.4, -0.2) is 10.9 Å². The van der Waals surface area contributed by atoms with Crippen LogP contribution in [0.3, 0.4) is 0 Å². The smallest absolute Gasteiger partial charge is 0.253 e. The molecule has 35 heavy (non-hydrogen) atoms. The Morgan fingerprint density at radius 2 is 1.60 bits per heavy atom. The van der Waals surface area contributed by atoms with Gasteiger partial charge < -0.3 is 20.5 Å². The van der Waals surface area contributed by atoms with Gasteiger partial charge in [-0.25, -0.2) is 9.37 Å². The summed E-state index contributed by atoms with van der Waals surface area (Å²) in [6, 6.07) is 23.9. The van der Waals surface area contributed by atoms with E-state index in [1.54, 1.807) is 54.6 Å². The van der Waals surface area contributed by atoms with Gasteiger partial charge in [0.05, 0.1) is 5.56 Å². The Morgan fingerprint density at radius 3 is 2.29 bits per heavy atom. The van der Waals surface area contributed by atoms with Crippen LogP contribution in [0.15, 0.2) is 91.1 Å². The lowest BCUT2D eigenvalue weighted by atomic mass is 10.2. The van der Waals surface area contributed by atoms with Gasteiger partial charge in [0, 0.05) is 24.5 Å². The second kappa shape index (κ2) is 13.2. The third-order valence-electron chi connectivity index (χ3n) is 4.74. The molecule has 0 atom stereocenters. The van der Waals surface area contributed by atoms with Crippen LogP contribution in [0.4, 0.5) is 10.1 Å². The van der Waals surface area contributed by atoms with E-state index in [1.165, 1.54) is 18.3 Å². The first-order valence-corrected chi connectivity index (χ1v) is 10.3. The number of carbonyl (C=O) groups is 1. The van der Waals surface area contributed by atoms with Crippen LogP contribution in [0.5, 0.6) is 17.4 Å². The molecular weight excluding hydrogens is 492 g/mol. The molecule has 1 heterocycles. The highest BCUT2D eigenvalue weighted by Gasteiger charge is 2.08. The number of hydrogen-bond acceptors (Lipinski definition) is 5. The van der Waals surface area contributed by atoms with Gasteiger partial charge in [0.25, 0.3) is 5.91 Å². The number of anilines is 1. The summed E-state index contributed by atoms with van der Waals surface area (Å²) >= 11 is 0. The monoisotopic (exact) mass is 515 g/mol. The largest absolute Gasteiger partial charge is 0.489 e. The van der Waals surface area contributed by atoms with E-state index in [-0.39, 0.29) is 43.1 Å². The van der Waals surface area contributed by atoms with Crippen molar-refractivity contribution in [2.24, 2.45) is 0 Å². The molecule has 9 heteroatoms. The zero-order valence-electron chi connectivity index (χ0n) is 18.5. The number of carbonyl (C=O) groups excluding carboxylic acids is 1. The van der Waals surface area contributed by atoms with Crippen LogP contribution in [0.2, 0.25) is 0 Å². The number of hydrogen-bond donors (Lipinski definition) is 2. The first-order valence-electron chi connectivity index (χ1n) is 10.3. The number of pyridine rings is 1. The molecule has 1 amide bonds. The van der Waals surface area contributed by atoms with E-state index in [1.807, 2.05) is 18.2 Å². The average Bonchev–Trinajstić information content (AvgIpc) is 2.83. The molecule has 0 unspecified atom stereocenters. The number of rotatable bonds is 8. The highest BCUT2D eigenvalue weighted by molar-refractivity contribution is 5.93. The van der Waals surface area contributed by atoms with Crippen LogP contribution in [0.1, 0.15) is 21.5 Å². The number of ether oxygens (including phenoxy) is 2. The van der Waals surface area contributed by atoms with Gasteiger partial charge in [0.15, 0.2) is 0 Å². The topological polar surface area (TPSA) is 86.5 Å². The molecule has 182 valence electrons. The first kappa shape index (κ1) is 27.4. The van der Waals surface area contributed by atoms with E-state index in [9.17, 15) is 9.18 Å². The van der Waals surface area contributed by atoms with Crippen molar-refractivity contribution in [2.45, 2.75) is 13.2 Å². The number of nitrogens with two attached hydrogens (primary N) is 1. The Kier molecular flexibility index (Phi) is 10.3. The Balaban J connectivity index is 0.00000216. The molecule has 0 radical (unpaired) electrons. The van der Waals surface area contributed by atoms with Crippen LogP contribution in [0.25, 0.3) is 0 Å². The minimum atomic E-state index is -0.294. The third kappa shape index (κ3) is 8.17. The number of aromatic nitrogens is 1. The minimum Gasteiger partial charge on any atom is -0.489 e. The summed E-state index contributed by atoms with van der Waals surface area (Å²) in [5.74, 6) is 1.02. The molecule has 4 aromatic rings. The third-order valence-corrected chi connectivity index (χ3v) is 4.74. The van der Waals surface area contributed by atoms with Gasteiger partial charge >= 0.3 is 0 Å². The fourth-order valence-corrected chi connectivity index (χ4v) is 3.08. The summed E-state index contributed by atoms with van der Waals surface area (Å²) in [6.07, 6.45) is 1.46. The van der Waals surface area contributed by atoms with E-state index in [0.717, 1.165) is 11.1 Å². The lowest BCUT2D eigenvalue weighted by Gasteiger charge is -2.09. The van der Waals surface area contributed by atoms with Crippen LogP contribution >= 0.6 is 24.8 Å². The molecule has 3 aromatic carbocycles. The predicted molar refractivity (Wildman–Crippen MR) is 138 cm³/mol. The van der Waals surface area contributed by atoms with Crippen molar-refractivity contribution in [3.8, 4) is 17.4 Å². The first-order chi connectivity index (χ1) is 16.0. The van der Waals surface area contributed by atoms with Crippen molar-refractivity contribution < 1.29 is 18.7 Å². The van der Waals surface area contributed by atoms with E-state index in [2.05, 4.69) is 10.3 Å². The maximum atomic E-state index is 13.2. The fraction of sp³-hybridized carbons (Fsp3) is 0.0769. The lowest BCUT2D eigenvalue weighted by molar-refractivity contribution is 0.0950. The van der Waals surface area contributed by atoms with Crippen molar-refractivity contribution in [1.29, 1.82) is 0 Å². The molecular formula is C26H24Cl2FN3O3. The number of amides is 1. The van der Waals surface area contributed by atoms with Gasteiger partial charge in [-0.1, -0.05) is 24.3 Å². The van der Waals surface area contributed by atoms with E-state index in [0.29, 0.717) is 35.2 Å². The van der Waals surface area contributed by atoms with Gasteiger partial charge in [-0.15, -0.1) is 24.8 Å². The highest BCUT2D eigenvalue weighted by Crippen LogP contribution is 2.23. The van der Waals surface area contributed by atoms with Gasteiger partial charge in [0.2, 0.25) is 5.88 Å². The Hall–Kier alpha value is -3.81. The Labute approximate surface area is 215 Å². The average molecular weight is 516 g/mol. The van der Waals surface area contributed by atoms with Crippen molar-refractivity contribution in [3.63, 3.8) is 0 Å². The van der Waals surface area contributed by atoms with Crippen LogP contribution < -0.4 is 20.5 Å². The van der Waals surface area contributed by atoms with Crippen molar-refractivity contribution in [1.82, 2.24) is 10.3 Å². The SMILES string of the molecule is Cl.Cl.Nc1cccc(CNC(=O)c2ccc(Oc3ccc(OCc4cccc(F)c4)cc3)nc2)c1. The molecule has 0 fully saturated rings. The number of nitrogens with one attached hydrogen (secondary N) is 1. The van der Waals surface area contributed by atoms with Crippen molar-refractivity contribution >= 4 is 36.4 Å². The summed E-state index contributed by atoms with van der Waals surface area (Å²) in [4.78, 5) is 16.5. The van der Waals surface area contributed by atoms with Gasteiger partial charge in [0.1, 0.15) is 23.9 Å². The number of halogens is 3. The van der Waals surface area contributed by atoms with E-state index >= 15 is 0 Å². The van der Waals surface area contributed by atoms with Gasteiger partial charge in [-0.05, 0) is 65.7 Å². The highest BCUT2D eigenvalue weighted by atomic mass is 35.5. The standard InChI is InChI=1S/C26H22FN3O3.2ClH/c27-21-5-1-4-19(13-21)17-32-23-8-10-24(11-9-23)33-25-12-7-20(16-29-25)26(31)30-15-18-3-2-6-22(28)14-18;;/h1-14,16H,15,17,28H2,(H,30,31);2*1H. The summed E-state index contributed by atoms with van der Waals surface area (Å²) in [5, 5.41) is 2.83. The van der Waals surface area contributed by atoms with Gasteiger partial charge in [-0.2, -0.15) is 0 Å². The molecule has 0 bridgehead atoms. The van der Waals surface area contributed by atoms with Crippen molar-refractivity contribution in [2.75, 3.05) is 5.73 Å². The van der Waals surface area contributed by atoms with Gasteiger partial charge in [-0.3, -0.25) is 4.79 Å². The van der Waals surface area contributed by atoms with E-state index in [4.69, 9.17) is 15.2 Å². The zero-order valence-corrected chi connectivity index (χ0v) is 20.2. The molecule has 0 aliphatic carbocycles. The molecule has 1 aromatic heterocycles. The second-order valence-electron chi connectivity index (χ2n) is 7.30. The Morgan fingerprint density at radius 1 is 0.886 bits per heavy atom. The maximum absolute atomic E-state index is 13.2. The van der Waals surface area contributed by atoms with Crippen LogP contribution in [0, 0.1) is 5.82 Å². The molecule has 6 nitrogen and oxygen atoms in total. The summed E-state index contributed by atoms with van der Waals surface area (Å²) in [7, 11) is 0. The molecule has 0 spiro atoms. The second-order valence-corrected chi connectivity index (χ2v) is 7.30. The van der Waals surface area contributed by atoms with Crippen LogP contribution in [-0.2, 0) is 13.2 Å². The molecule has 3 N–H and O–H groups in total. The van der Waals surface area contributed by atoms with E-state index < -0.39 is 0 Å².